The van der Waals surface area contributed by atoms with Crippen LogP contribution in [0.1, 0.15) is 5.56 Å². The van der Waals surface area contributed by atoms with Crippen molar-refractivity contribution in [2.75, 3.05) is 24.1 Å². The van der Waals surface area contributed by atoms with Crippen molar-refractivity contribution in [3.8, 4) is 0 Å². The summed E-state index contributed by atoms with van der Waals surface area (Å²) in [4.78, 5) is 11.4. The summed E-state index contributed by atoms with van der Waals surface area (Å²) >= 11 is 0. The molecule has 2 rings (SSSR count). The van der Waals surface area contributed by atoms with Crippen LogP contribution >= 0.6 is 0 Å². The Labute approximate surface area is 125 Å². The number of para-hydroxylation sites is 1. The number of amides is 1. The number of hydrogen-bond donors (Lipinski definition) is 1. The van der Waals surface area contributed by atoms with E-state index in [1.165, 1.54) is 0 Å². The van der Waals surface area contributed by atoms with Crippen LogP contribution in [0.15, 0.2) is 24.3 Å². The average molecular weight is 338 g/mol. The van der Waals surface area contributed by atoms with Gasteiger partial charge >= 0.3 is 16.4 Å². The van der Waals surface area contributed by atoms with Crippen molar-refractivity contribution in [3.05, 3.63) is 29.8 Å². The van der Waals surface area contributed by atoms with E-state index in [1.54, 1.807) is 29.0 Å². The van der Waals surface area contributed by atoms with Gasteiger partial charge < -0.3 is 4.74 Å². The predicted octanol–water partition coefficient (Wildman–Crippen LogP) is 0.989. The zero-order chi connectivity index (χ0) is 16.4. The van der Waals surface area contributed by atoms with E-state index in [4.69, 9.17) is 0 Å². The van der Waals surface area contributed by atoms with E-state index in [1.807, 2.05) is 0 Å². The Morgan fingerprint density at radius 1 is 1.32 bits per heavy atom. The summed E-state index contributed by atoms with van der Waals surface area (Å²) < 4.78 is 66.6. The minimum absolute atomic E-state index is 0.158. The number of rotatable bonds is 5. The smallest absolute Gasteiger partial charge is 0.362 e. The lowest BCUT2D eigenvalue weighted by molar-refractivity contribution is -0.175. The number of fused-ring (bicyclic) bond motifs is 1. The zero-order valence-electron chi connectivity index (χ0n) is 11.3. The van der Waals surface area contributed by atoms with Crippen LogP contribution in [0, 0.1) is 0 Å². The van der Waals surface area contributed by atoms with Gasteiger partial charge in [0, 0.05) is 6.54 Å². The monoisotopic (exact) mass is 338 g/mol. The number of nitrogens with one attached hydrogen (secondary N) is 1. The molecule has 0 saturated carbocycles. The second kappa shape index (κ2) is 6.13. The molecule has 0 unspecified atom stereocenters. The van der Waals surface area contributed by atoms with E-state index >= 15 is 0 Å². The van der Waals surface area contributed by atoms with Crippen LogP contribution in [0.3, 0.4) is 0 Å². The summed E-state index contributed by atoms with van der Waals surface area (Å²) in [6.45, 7) is -2.45. The number of anilines is 1. The van der Waals surface area contributed by atoms with Crippen LogP contribution < -0.4 is 9.03 Å². The van der Waals surface area contributed by atoms with Crippen LogP contribution in [0.2, 0.25) is 0 Å². The predicted molar refractivity (Wildman–Crippen MR) is 71.4 cm³/mol. The molecule has 0 fully saturated rings. The molecular weight excluding hydrogens is 325 g/mol. The number of carbonyl (C=O) groups is 1. The van der Waals surface area contributed by atoms with Gasteiger partial charge in [-0.05, 0) is 18.1 Å². The van der Waals surface area contributed by atoms with Gasteiger partial charge in [0.2, 0.25) is 0 Å². The van der Waals surface area contributed by atoms with Crippen LogP contribution in [-0.4, -0.2) is 40.3 Å². The molecule has 0 aliphatic carbocycles. The molecule has 1 heterocycles. The lowest BCUT2D eigenvalue weighted by Crippen LogP contribution is -2.44. The van der Waals surface area contributed by atoms with Gasteiger partial charge in [0.15, 0.2) is 0 Å². The number of alkyl halides is 3. The molecule has 1 N–H and O–H groups in total. The first-order chi connectivity index (χ1) is 10.2. The normalized spacial score (nSPS) is 14.8. The third-order valence-corrected chi connectivity index (χ3v) is 4.32. The van der Waals surface area contributed by atoms with Crippen molar-refractivity contribution < 1.29 is 31.1 Å². The summed E-state index contributed by atoms with van der Waals surface area (Å²) in [5.74, 6) is -1.16. The Bertz CT molecular complexity index is 661. The Morgan fingerprint density at radius 2 is 2.00 bits per heavy atom. The number of nitrogens with zero attached hydrogens (tertiary/aromatic N) is 1. The molecule has 0 aromatic heterocycles. The Balaban J connectivity index is 1.96. The van der Waals surface area contributed by atoms with E-state index in [0.717, 1.165) is 9.87 Å². The zero-order valence-corrected chi connectivity index (χ0v) is 12.1. The Kier molecular flexibility index (Phi) is 4.61. The van der Waals surface area contributed by atoms with E-state index in [2.05, 4.69) is 4.74 Å². The van der Waals surface area contributed by atoms with Gasteiger partial charge in [0.1, 0.15) is 13.2 Å². The Morgan fingerprint density at radius 3 is 2.68 bits per heavy atom. The third kappa shape index (κ3) is 4.10. The number of benzene rings is 1. The highest BCUT2D eigenvalue weighted by Crippen LogP contribution is 2.29. The molecule has 122 valence electrons. The van der Waals surface area contributed by atoms with Crippen molar-refractivity contribution in [3.63, 3.8) is 0 Å². The molecule has 6 nitrogen and oxygen atoms in total. The largest absolute Gasteiger partial charge is 0.411 e. The first-order valence-corrected chi connectivity index (χ1v) is 7.69. The number of carbonyl (C=O) groups excluding carboxylic acids is 1. The fourth-order valence-corrected chi connectivity index (χ4v) is 3.27. The molecule has 1 aliphatic heterocycles. The van der Waals surface area contributed by atoms with Gasteiger partial charge in [-0.15, -0.1) is 0 Å². The molecule has 1 aliphatic rings. The molecule has 0 spiro atoms. The lowest BCUT2D eigenvalue weighted by atomic mass is 10.2. The van der Waals surface area contributed by atoms with Gasteiger partial charge in [0.25, 0.3) is 5.91 Å². The fourth-order valence-electron chi connectivity index (χ4n) is 2.05. The van der Waals surface area contributed by atoms with Crippen molar-refractivity contribution in [1.82, 2.24) is 4.72 Å². The summed E-state index contributed by atoms with van der Waals surface area (Å²) in [7, 11) is -4.17. The minimum atomic E-state index is -4.58. The Hall–Kier alpha value is -1.81. The van der Waals surface area contributed by atoms with Crippen LogP contribution in [0.4, 0.5) is 18.9 Å². The molecule has 1 amide bonds. The highest BCUT2D eigenvalue weighted by atomic mass is 32.2. The van der Waals surface area contributed by atoms with Crippen molar-refractivity contribution in [2.24, 2.45) is 0 Å². The summed E-state index contributed by atoms with van der Waals surface area (Å²) in [6, 6.07) is 6.77. The number of hydrogen-bond acceptors (Lipinski definition) is 4. The highest BCUT2D eigenvalue weighted by Gasteiger charge is 2.31. The molecule has 1 aromatic rings. The summed E-state index contributed by atoms with van der Waals surface area (Å²) in [6.07, 6.45) is -4.08. The standard InChI is InChI=1S/C12H13F3N2O4S/c13-12(14,15)8-21-7-11(18)16-22(19,20)17-6-5-9-3-1-2-4-10(9)17/h1-4H,5-8H2,(H,16,18). The maximum absolute atomic E-state index is 12.1. The van der Waals surface area contributed by atoms with E-state index in [9.17, 15) is 26.4 Å². The SMILES string of the molecule is O=C(COCC(F)(F)F)NS(=O)(=O)N1CCc2ccccc21. The topological polar surface area (TPSA) is 75.7 Å². The maximum atomic E-state index is 12.1. The highest BCUT2D eigenvalue weighted by molar-refractivity contribution is 7.91. The molecular formula is C12H13F3N2O4S. The van der Waals surface area contributed by atoms with Crippen molar-refractivity contribution in [1.29, 1.82) is 0 Å². The van der Waals surface area contributed by atoms with Gasteiger partial charge in [-0.3, -0.25) is 9.10 Å². The second-order valence-corrected chi connectivity index (χ2v) is 6.18. The average Bonchev–Trinajstić information content (AvgIpc) is 2.80. The molecule has 10 heteroatoms. The fraction of sp³-hybridized carbons (Fsp3) is 0.417. The van der Waals surface area contributed by atoms with Gasteiger partial charge in [-0.1, -0.05) is 18.2 Å². The van der Waals surface area contributed by atoms with E-state index < -0.39 is 35.5 Å². The third-order valence-electron chi connectivity index (χ3n) is 2.88. The van der Waals surface area contributed by atoms with Crippen molar-refractivity contribution in [2.45, 2.75) is 12.6 Å². The second-order valence-electron chi connectivity index (χ2n) is 4.59. The number of halogens is 3. The molecule has 0 bridgehead atoms. The molecule has 0 radical (unpaired) electrons. The van der Waals surface area contributed by atoms with Gasteiger partial charge in [-0.2, -0.15) is 21.6 Å². The quantitative estimate of drug-likeness (QED) is 0.869. The summed E-state index contributed by atoms with van der Waals surface area (Å²) in [5.41, 5.74) is 1.26. The first-order valence-electron chi connectivity index (χ1n) is 6.25. The first kappa shape index (κ1) is 16.6. The molecule has 22 heavy (non-hydrogen) atoms. The summed E-state index contributed by atoms with van der Waals surface area (Å²) in [5, 5.41) is 0. The molecule has 0 atom stereocenters. The van der Waals surface area contributed by atoms with Gasteiger partial charge in [0.05, 0.1) is 5.69 Å². The van der Waals surface area contributed by atoms with Crippen LogP contribution in [-0.2, 0) is 26.2 Å². The lowest BCUT2D eigenvalue weighted by Gasteiger charge is -2.19. The van der Waals surface area contributed by atoms with Crippen LogP contribution in [0.5, 0.6) is 0 Å². The van der Waals surface area contributed by atoms with E-state index in [0.29, 0.717) is 12.1 Å². The minimum Gasteiger partial charge on any atom is -0.362 e. The van der Waals surface area contributed by atoms with Crippen molar-refractivity contribution >= 4 is 21.8 Å². The molecule has 1 aromatic carbocycles. The maximum Gasteiger partial charge on any atom is 0.411 e. The number of ether oxygens (including phenoxy) is 1. The van der Waals surface area contributed by atoms with E-state index in [-0.39, 0.29) is 6.54 Å². The van der Waals surface area contributed by atoms with Crippen LogP contribution in [0.25, 0.3) is 0 Å². The molecule has 0 saturated heterocycles. The van der Waals surface area contributed by atoms with Gasteiger partial charge in [-0.25, -0.2) is 4.72 Å².